The molecule has 0 aliphatic carbocycles. The van der Waals surface area contributed by atoms with Gasteiger partial charge in [-0.25, -0.2) is 0 Å². The molecule has 24 heavy (non-hydrogen) atoms. The molecule has 0 amide bonds. The third-order valence-corrected chi connectivity index (χ3v) is 5.17. The van der Waals surface area contributed by atoms with Gasteiger partial charge in [-0.3, -0.25) is 0 Å². The second kappa shape index (κ2) is 8.39. The minimum Gasteiger partial charge on any atom is -0.390 e. The average Bonchev–Trinajstić information content (AvgIpc) is 3.25. The summed E-state index contributed by atoms with van der Waals surface area (Å²) in [4.78, 5) is 1.15. The van der Waals surface area contributed by atoms with Crippen molar-refractivity contribution < 1.29 is 9.84 Å². The van der Waals surface area contributed by atoms with Crippen LogP contribution < -0.4 is 0 Å². The molecule has 6 nitrogen and oxygen atoms in total. The number of benzene rings is 1. The molecule has 0 radical (unpaired) electrons. The van der Waals surface area contributed by atoms with Gasteiger partial charge in [-0.2, -0.15) is 4.68 Å². The van der Waals surface area contributed by atoms with Crippen molar-refractivity contribution in [2.75, 3.05) is 12.4 Å². The fourth-order valence-electron chi connectivity index (χ4n) is 2.03. The van der Waals surface area contributed by atoms with Crippen LogP contribution in [0.4, 0.5) is 0 Å². The summed E-state index contributed by atoms with van der Waals surface area (Å²) in [5, 5.41) is 24.5. The summed E-state index contributed by atoms with van der Waals surface area (Å²) in [7, 11) is 0. The Morgan fingerprint density at radius 1 is 1.29 bits per heavy atom. The molecule has 0 aliphatic rings. The Hall–Kier alpha value is -1.74. The van der Waals surface area contributed by atoms with E-state index in [0.29, 0.717) is 17.5 Å². The summed E-state index contributed by atoms with van der Waals surface area (Å²) in [6, 6.07) is 12.0. The molecule has 8 heteroatoms. The van der Waals surface area contributed by atoms with Gasteiger partial charge in [0, 0.05) is 10.6 Å². The van der Waals surface area contributed by atoms with E-state index in [4.69, 9.17) is 4.74 Å². The highest BCUT2D eigenvalue weighted by Crippen LogP contribution is 2.19. The maximum atomic E-state index is 10.1. The van der Waals surface area contributed by atoms with E-state index in [1.54, 1.807) is 16.0 Å². The Balaban J connectivity index is 1.49. The lowest BCUT2D eigenvalue weighted by molar-refractivity contribution is 0.0409. The van der Waals surface area contributed by atoms with Gasteiger partial charge in [0.15, 0.2) is 0 Å². The van der Waals surface area contributed by atoms with Gasteiger partial charge in [-0.1, -0.05) is 35.5 Å². The standard InChI is InChI=1S/C16H18N4O2S2/c1-12-4-6-13(7-5-12)20-16(17-18-19-20)24-11-14(21)9-22-10-15-3-2-8-23-15/h2-8,14,21H,9-11H2,1H3/t14-/m0/s1. The topological polar surface area (TPSA) is 73.1 Å². The van der Waals surface area contributed by atoms with E-state index in [1.807, 2.05) is 48.7 Å². The van der Waals surface area contributed by atoms with Crippen molar-refractivity contribution in [3.05, 3.63) is 52.2 Å². The Morgan fingerprint density at radius 2 is 2.12 bits per heavy atom. The number of hydrogen-bond acceptors (Lipinski definition) is 7. The lowest BCUT2D eigenvalue weighted by atomic mass is 10.2. The van der Waals surface area contributed by atoms with Gasteiger partial charge in [-0.15, -0.1) is 16.4 Å². The molecule has 0 spiro atoms. The fourth-order valence-corrected chi connectivity index (χ4v) is 3.46. The van der Waals surface area contributed by atoms with Crippen LogP contribution in [0.3, 0.4) is 0 Å². The van der Waals surface area contributed by atoms with Gasteiger partial charge < -0.3 is 9.84 Å². The van der Waals surface area contributed by atoms with Crippen LogP contribution in [0.2, 0.25) is 0 Å². The van der Waals surface area contributed by atoms with Crippen molar-refractivity contribution in [3.63, 3.8) is 0 Å². The highest BCUT2D eigenvalue weighted by molar-refractivity contribution is 7.99. The molecule has 2 heterocycles. The molecule has 0 saturated heterocycles. The average molecular weight is 362 g/mol. The zero-order valence-electron chi connectivity index (χ0n) is 13.2. The predicted molar refractivity (Wildman–Crippen MR) is 94.6 cm³/mol. The monoisotopic (exact) mass is 362 g/mol. The number of aliphatic hydroxyl groups is 1. The van der Waals surface area contributed by atoms with Crippen molar-refractivity contribution in [2.24, 2.45) is 0 Å². The van der Waals surface area contributed by atoms with E-state index in [9.17, 15) is 5.11 Å². The fraction of sp³-hybridized carbons (Fsp3) is 0.312. The largest absolute Gasteiger partial charge is 0.390 e. The molecular weight excluding hydrogens is 344 g/mol. The maximum absolute atomic E-state index is 10.1. The lowest BCUT2D eigenvalue weighted by Gasteiger charge is -2.10. The molecule has 126 valence electrons. The molecular formula is C16H18N4O2S2. The molecule has 0 unspecified atom stereocenters. The SMILES string of the molecule is Cc1ccc(-n2nnnc2SC[C@@H](O)COCc2cccs2)cc1. The Bertz CT molecular complexity index is 744. The van der Waals surface area contributed by atoms with E-state index in [2.05, 4.69) is 15.5 Å². The van der Waals surface area contributed by atoms with Crippen molar-refractivity contribution in [1.82, 2.24) is 20.2 Å². The summed E-state index contributed by atoms with van der Waals surface area (Å²) < 4.78 is 7.20. The molecule has 1 atom stereocenters. The quantitative estimate of drug-likeness (QED) is 0.621. The second-order valence-corrected chi connectivity index (χ2v) is 7.29. The van der Waals surface area contributed by atoms with E-state index < -0.39 is 6.10 Å². The summed E-state index contributed by atoms with van der Waals surface area (Å²) in [6.45, 7) is 2.85. The van der Waals surface area contributed by atoms with Crippen molar-refractivity contribution in [1.29, 1.82) is 0 Å². The Kier molecular flexibility index (Phi) is 5.97. The molecule has 0 fully saturated rings. The van der Waals surface area contributed by atoms with Gasteiger partial charge in [0.25, 0.3) is 0 Å². The van der Waals surface area contributed by atoms with Crippen molar-refractivity contribution in [2.45, 2.75) is 24.8 Å². The summed E-state index contributed by atoms with van der Waals surface area (Å²) in [5.41, 5.74) is 2.08. The molecule has 0 aliphatic heterocycles. The molecule has 1 aromatic carbocycles. The summed E-state index contributed by atoms with van der Waals surface area (Å²) in [5.74, 6) is 0.469. The van der Waals surface area contributed by atoms with Crippen molar-refractivity contribution in [3.8, 4) is 5.69 Å². The normalized spacial score (nSPS) is 12.4. The first-order chi connectivity index (χ1) is 11.7. The minimum absolute atomic E-state index is 0.289. The van der Waals surface area contributed by atoms with E-state index >= 15 is 0 Å². The van der Waals surface area contributed by atoms with Crippen LogP contribution in [-0.2, 0) is 11.3 Å². The third kappa shape index (κ3) is 4.64. The molecule has 0 bridgehead atoms. The first kappa shape index (κ1) is 17.1. The van der Waals surface area contributed by atoms with Gasteiger partial charge in [0.05, 0.1) is 25.0 Å². The van der Waals surface area contributed by atoms with Crippen LogP contribution >= 0.6 is 23.1 Å². The third-order valence-electron chi connectivity index (χ3n) is 3.26. The predicted octanol–water partition coefficient (Wildman–Crippen LogP) is 2.70. The lowest BCUT2D eigenvalue weighted by Crippen LogP contribution is -2.18. The van der Waals surface area contributed by atoms with Crippen molar-refractivity contribution >= 4 is 23.1 Å². The maximum Gasteiger partial charge on any atom is 0.214 e. The Labute approximate surface area is 148 Å². The number of thiophene rings is 1. The Morgan fingerprint density at radius 3 is 2.88 bits per heavy atom. The first-order valence-corrected chi connectivity index (χ1v) is 9.35. The van der Waals surface area contributed by atoms with Crippen LogP contribution in [-0.4, -0.2) is 43.8 Å². The molecule has 0 saturated carbocycles. The highest BCUT2D eigenvalue weighted by Gasteiger charge is 2.12. The number of hydrogen-bond donors (Lipinski definition) is 1. The first-order valence-electron chi connectivity index (χ1n) is 7.49. The van der Waals surface area contributed by atoms with Crippen LogP contribution in [0.5, 0.6) is 0 Å². The number of aliphatic hydroxyl groups excluding tert-OH is 1. The molecule has 3 rings (SSSR count). The number of aromatic nitrogens is 4. The number of ether oxygens (including phenoxy) is 1. The molecule has 3 aromatic rings. The molecule has 2 aromatic heterocycles. The van der Waals surface area contributed by atoms with E-state index in [0.717, 1.165) is 10.6 Å². The van der Waals surface area contributed by atoms with Crippen LogP contribution in [0.15, 0.2) is 46.9 Å². The highest BCUT2D eigenvalue weighted by atomic mass is 32.2. The summed E-state index contributed by atoms with van der Waals surface area (Å²) in [6.07, 6.45) is -0.571. The van der Waals surface area contributed by atoms with Gasteiger partial charge in [0.1, 0.15) is 0 Å². The zero-order valence-corrected chi connectivity index (χ0v) is 14.8. The van der Waals surface area contributed by atoms with Crippen LogP contribution in [0.1, 0.15) is 10.4 Å². The summed E-state index contributed by atoms with van der Waals surface area (Å²) >= 11 is 3.05. The second-order valence-electron chi connectivity index (χ2n) is 5.27. The minimum atomic E-state index is -0.571. The van der Waals surface area contributed by atoms with Gasteiger partial charge in [-0.05, 0) is 40.9 Å². The van der Waals surface area contributed by atoms with Crippen LogP contribution in [0.25, 0.3) is 5.69 Å². The van der Waals surface area contributed by atoms with Gasteiger partial charge in [0.2, 0.25) is 5.16 Å². The van der Waals surface area contributed by atoms with Crippen LogP contribution in [0, 0.1) is 6.92 Å². The molecule has 1 N–H and O–H groups in total. The number of rotatable bonds is 8. The van der Waals surface area contributed by atoms with E-state index in [-0.39, 0.29) is 6.61 Å². The number of nitrogens with zero attached hydrogens (tertiary/aromatic N) is 4. The number of aryl methyl sites for hydroxylation is 1. The zero-order chi connectivity index (χ0) is 16.8. The number of tetrazole rings is 1. The number of thioether (sulfide) groups is 1. The van der Waals surface area contributed by atoms with E-state index in [1.165, 1.54) is 17.3 Å². The smallest absolute Gasteiger partial charge is 0.214 e. The van der Waals surface area contributed by atoms with Gasteiger partial charge >= 0.3 is 0 Å².